The fourth-order valence-electron chi connectivity index (χ4n) is 5.26. The molecule has 0 spiro atoms. The van der Waals surface area contributed by atoms with Gasteiger partial charge < -0.3 is 39.4 Å². The highest BCUT2D eigenvalue weighted by Gasteiger charge is 2.29. The second-order valence-corrected chi connectivity index (χ2v) is 11.3. The molecular formula is C32H50N2O12. The molecule has 6 atom stereocenters. The highest BCUT2D eigenvalue weighted by atomic mass is 16.6. The van der Waals surface area contributed by atoms with E-state index in [0.29, 0.717) is 13.1 Å². The van der Waals surface area contributed by atoms with Crippen LogP contribution in [0.4, 0.5) is 0 Å². The number of hydrogen-bond acceptors (Lipinski definition) is 14. The molecule has 14 heteroatoms. The number of hydrogen-bond donors (Lipinski definition) is 4. The molecule has 14 nitrogen and oxygen atoms in total. The molecule has 0 saturated heterocycles. The van der Waals surface area contributed by atoms with Gasteiger partial charge >= 0.3 is 23.9 Å². The van der Waals surface area contributed by atoms with Gasteiger partial charge in [-0.1, -0.05) is 32.7 Å². The van der Waals surface area contributed by atoms with Gasteiger partial charge in [0.15, 0.2) is 0 Å². The maximum absolute atomic E-state index is 11.4. The fraction of sp³-hybridized carbons (Fsp3) is 0.625. The van der Waals surface area contributed by atoms with Gasteiger partial charge in [-0.15, -0.1) is 0 Å². The van der Waals surface area contributed by atoms with E-state index >= 15 is 0 Å². The minimum atomic E-state index is -1.05. The summed E-state index contributed by atoms with van der Waals surface area (Å²) in [5.41, 5.74) is 0. The summed E-state index contributed by atoms with van der Waals surface area (Å²) in [7, 11) is 0. The Hall–Kier alpha value is -3.40. The molecule has 1 aliphatic rings. The molecule has 1 saturated carbocycles. The molecule has 0 radical (unpaired) electrons. The Bertz CT molecular complexity index is 866. The lowest BCUT2D eigenvalue weighted by molar-refractivity contribution is -0.142. The van der Waals surface area contributed by atoms with Crippen LogP contribution in [0.25, 0.3) is 0 Å². The lowest BCUT2D eigenvalue weighted by Crippen LogP contribution is -2.46. The molecule has 0 aliphatic heterocycles. The molecule has 0 aromatic carbocycles. The molecule has 4 N–H and O–H groups in total. The first-order valence-electron chi connectivity index (χ1n) is 15.2. The van der Waals surface area contributed by atoms with Gasteiger partial charge in [0, 0.05) is 63.6 Å². The molecule has 0 bridgehead atoms. The van der Waals surface area contributed by atoms with Crippen molar-refractivity contribution >= 4 is 23.9 Å². The van der Waals surface area contributed by atoms with Crippen LogP contribution in [0.15, 0.2) is 50.6 Å². The highest BCUT2D eigenvalue weighted by molar-refractivity contribution is 5.82. The highest BCUT2D eigenvalue weighted by Crippen LogP contribution is 2.30. The zero-order valence-electron chi connectivity index (χ0n) is 26.5. The van der Waals surface area contributed by atoms with Crippen LogP contribution in [0.3, 0.4) is 0 Å². The van der Waals surface area contributed by atoms with Gasteiger partial charge in [0.2, 0.25) is 0 Å². The molecule has 260 valence electrons. The van der Waals surface area contributed by atoms with Crippen molar-refractivity contribution in [2.24, 2.45) is 11.8 Å². The van der Waals surface area contributed by atoms with E-state index in [1.807, 2.05) is 9.80 Å². The summed E-state index contributed by atoms with van der Waals surface area (Å²) in [6.07, 6.45) is 3.16. The lowest BCUT2D eigenvalue weighted by Gasteiger charge is -2.37. The summed E-state index contributed by atoms with van der Waals surface area (Å²) in [5, 5.41) is 42.1. The zero-order valence-corrected chi connectivity index (χ0v) is 26.5. The topological polar surface area (TPSA) is 193 Å². The normalized spacial score (nSPS) is 18.8. The SMILES string of the molecule is C=CC(=O)OCC(O)CN(CC(O)COC(=O)C=C)CC1CCCC(CN(CC(O)COC(=O)C=C)CC(O)COC(=O)C=C)C1. The number of nitrogens with zero attached hydrogens (tertiary/aromatic N) is 2. The summed E-state index contributed by atoms with van der Waals surface area (Å²) in [5.74, 6) is -2.40. The summed E-state index contributed by atoms with van der Waals surface area (Å²) < 4.78 is 19.8. The third-order valence-corrected chi connectivity index (χ3v) is 7.14. The lowest BCUT2D eigenvalue weighted by atomic mass is 9.80. The Kier molecular flexibility index (Phi) is 20.3. The van der Waals surface area contributed by atoms with Crippen molar-refractivity contribution in [3.8, 4) is 0 Å². The number of esters is 4. The number of ether oxygens (including phenoxy) is 4. The first-order chi connectivity index (χ1) is 21.9. The molecule has 1 aliphatic carbocycles. The van der Waals surface area contributed by atoms with Crippen molar-refractivity contribution in [1.82, 2.24) is 9.80 Å². The number of aliphatic hydroxyl groups excluding tert-OH is 4. The molecule has 0 heterocycles. The minimum absolute atomic E-state index is 0.0788. The van der Waals surface area contributed by atoms with Crippen LogP contribution in [0.1, 0.15) is 25.7 Å². The van der Waals surface area contributed by atoms with Crippen LogP contribution >= 0.6 is 0 Å². The number of rotatable bonds is 24. The Morgan fingerprint density at radius 1 is 0.565 bits per heavy atom. The van der Waals surface area contributed by atoms with Gasteiger partial charge in [-0.3, -0.25) is 9.80 Å². The van der Waals surface area contributed by atoms with E-state index in [1.54, 1.807) is 0 Å². The summed E-state index contributed by atoms with van der Waals surface area (Å²) in [4.78, 5) is 49.4. The van der Waals surface area contributed by atoms with E-state index in [4.69, 9.17) is 18.9 Å². The third kappa shape index (κ3) is 18.5. The Morgan fingerprint density at radius 2 is 0.826 bits per heavy atom. The first kappa shape index (κ1) is 40.6. The van der Waals surface area contributed by atoms with Crippen molar-refractivity contribution in [3.05, 3.63) is 50.6 Å². The van der Waals surface area contributed by atoms with E-state index in [9.17, 15) is 39.6 Å². The number of aliphatic hydroxyl groups is 4. The number of carbonyl (C=O) groups is 4. The molecule has 6 unspecified atom stereocenters. The van der Waals surface area contributed by atoms with Gasteiger partial charge in [-0.05, 0) is 31.1 Å². The molecule has 0 amide bonds. The van der Waals surface area contributed by atoms with Gasteiger partial charge in [0.05, 0.1) is 0 Å². The average Bonchev–Trinajstić information content (AvgIpc) is 3.03. The van der Waals surface area contributed by atoms with E-state index in [-0.39, 0.29) is 64.4 Å². The second-order valence-electron chi connectivity index (χ2n) is 11.3. The maximum atomic E-state index is 11.4. The van der Waals surface area contributed by atoms with Gasteiger partial charge in [0.1, 0.15) is 50.8 Å². The molecule has 46 heavy (non-hydrogen) atoms. The van der Waals surface area contributed by atoms with Crippen molar-refractivity contribution in [2.75, 3.05) is 65.7 Å². The van der Waals surface area contributed by atoms with E-state index in [1.165, 1.54) is 0 Å². The average molecular weight is 655 g/mol. The first-order valence-corrected chi connectivity index (χ1v) is 15.2. The van der Waals surface area contributed by atoms with Crippen molar-refractivity contribution in [3.63, 3.8) is 0 Å². The van der Waals surface area contributed by atoms with Gasteiger partial charge in [0.25, 0.3) is 0 Å². The van der Waals surface area contributed by atoms with E-state index < -0.39 is 48.3 Å². The predicted molar refractivity (Wildman–Crippen MR) is 167 cm³/mol. The van der Waals surface area contributed by atoms with Crippen molar-refractivity contribution in [1.29, 1.82) is 0 Å². The van der Waals surface area contributed by atoms with Crippen LogP contribution in [0.2, 0.25) is 0 Å². The largest absolute Gasteiger partial charge is 0.460 e. The summed E-state index contributed by atoms with van der Waals surface area (Å²) in [6, 6.07) is 0. The van der Waals surface area contributed by atoms with Gasteiger partial charge in [-0.2, -0.15) is 0 Å². The monoisotopic (exact) mass is 654 g/mol. The maximum Gasteiger partial charge on any atom is 0.330 e. The Morgan fingerprint density at radius 3 is 1.07 bits per heavy atom. The minimum Gasteiger partial charge on any atom is -0.460 e. The molecular weight excluding hydrogens is 604 g/mol. The van der Waals surface area contributed by atoms with Crippen molar-refractivity contribution < 1.29 is 58.6 Å². The quantitative estimate of drug-likeness (QED) is 0.0605. The summed E-state index contributed by atoms with van der Waals surface area (Å²) in [6.45, 7) is 13.5. The molecule has 0 aromatic heterocycles. The van der Waals surface area contributed by atoms with Crippen LogP contribution in [0, 0.1) is 11.8 Å². The predicted octanol–water partition coefficient (Wildman–Crippen LogP) is -0.243. The van der Waals surface area contributed by atoms with E-state index in [0.717, 1.165) is 50.0 Å². The third-order valence-electron chi connectivity index (χ3n) is 7.14. The van der Waals surface area contributed by atoms with Crippen LogP contribution < -0.4 is 0 Å². The molecule has 0 aromatic rings. The molecule has 1 rings (SSSR count). The fourth-order valence-corrected chi connectivity index (χ4v) is 5.26. The summed E-state index contributed by atoms with van der Waals surface area (Å²) >= 11 is 0. The van der Waals surface area contributed by atoms with Crippen LogP contribution in [-0.4, -0.2) is 144 Å². The van der Waals surface area contributed by atoms with E-state index in [2.05, 4.69) is 26.3 Å². The van der Waals surface area contributed by atoms with Gasteiger partial charge in [-0.25, -0.2) is 19.2 Å². The Labute approximate surface area is 270 Å². The molecule has 1 fully saturated rings. The zero-order chi connectivity index (χ0) is 34.5. The second kappa shape index (κ2) is 23.0. The van der Waals surface area contributed by atoms with Crippen LogP contribution in [0.5, 0.6) is 0 Å². The van der Waals surface area contributed by atoms with Crippen molar-refractivity contribution in [2.45, 2.75) is 50.1 Å². The number of carbonyl (C=O) groups excluding carboxylic acids is 4. The smallest absolute Gasteiger partial charge is 0.330 e. The Balaban J connectivity index is 2.93. The standard InChI is InChI=1S/C32H50N2O12/c1-5-29(39)43-19-25(35)15-33(16-26(36)20-44-30(40)6-2)13-23-10-9-11-24(12-23)14-34(17-27(37)21-45-31(41)7-3)18-28(38)22-46-32(42)8-4/h5-8,23-28,35-38H,1-4,9-22H2. The van der Waals surface area contributed by atoms with Crippen LogP contribution in [-0.2, 0) is 38.1 Å².